The lowest BCUT2D eigenvalue weighted by molar-refractivity contribution is -0.0147. The molecule has 6 aromatic carbocycles. The second-order valence-electron chi connectivity index (χ2n) is 17.5. The molecule has 8 heteroatoms. The van der Waals surface area contributed by atoms with Crippen LogP contribution in [-0.4, -0.2) is 70.2 Å². The monoisotopic (exact) mass is 984 g/mol. The molecule has 2 fully saturated rings. The molecule has 1 unspecified atom stereocenters. The summed E-state index contributed by atoms with van der Waals surface area (Å²) in [6, 6.07) is 55.8. The predicted molar refractivity (Wildman–Crippen MR) is 266 cm³/mol. The number of likely N-dealkylation sites (tertiary alicyclic amines) is 2. The first-order valence-corrected chi connectivity index (χ1v) is 24.6. The van der Waals surface area contributed by atoms with Gasteiger partial charge in [-0.1, -0.05) is 177 Å². The van der Waals surface area contributed by atoms with Crippen molar-refractivity contribution in [3.8, 4) is 0 Å². The summed E-state index contributed by atoms with van der Waals surface area (Å²) in [5.74, 6) is 0.541. The number of carbonyl (C=O) groups is 1. The van der Waals surface area contributed by atoms with Crippen molar-refractivity contribution >= 4 is 37.6 Å². The fourth-order valence-electron chi connectivity index (χ4n) is 9.80. The largest absolute Gasteiger partial charge is 0.388 e. The molecule has 2 aliphatic heterocycles. The van der Waals surface area contributed by atoms with Crippen molar-refractivity contribution in [2.75, 3.05) is 39.3 Å². The highest BCUT2D eigenvalue weighted by atomic mass is 79.9. The Labute approximate surface area is 397 Å². The number of carbonyl (C=O) groups excluding carboxylic acids is 1. The van der Waals surface area contributed by atoms with E-state index in [0.29, 0.717) is 6.42 Å². The molecule has 1 atom stereocenters. The van der Waals surface area contributed by atoms with E-state index in [2.05, 4.69) is 41.7 Å². The Morgan fingerprint density at radius 1 is 0.516 bits per heavy atom. The van der Waals surface area contributed by atoms with Crippen molar-refractivity contribution in [2.45, 2.75) is 68.7 Å². The average Bonchev–Trinajstić information content (AvgIpc) is 3.35. The van der Waals surface area contributed by atoms with Crippen molar-refractivity contribution in [1.82, 2.24) is 9.80 Å². The van der Waals surface area contributed by atoms with Crippen LogP contribution in [0.2, 0.25) is 0 Å². The Bertz CT molecular complexity index is 2200. The van der Waals surface area contributed by atoms with Crippen molar-refractivity contribution in [3.63, 3.8) is 0 Å². The molecule has 8 rings (SSSR count). The molecule has 0 bridgehead atoms. The van der Waals surface area contributed by atoms with E-state index in [9.17, 15) is 20.1 Å². The molecule has 0 spiro atoms. The molecule has 2 heterocycles. The average molecular weight is 987 g/mol. The van der Waals surface area contributed by atoms with Crippen molar-refractivity contribution in [3.05, 3.63) is 212 Å². The third-order valence-electron chi connectivity index (χ3n) is 13.5. The molecule has 64 heavy (non-hydrogen) atoms. The number of aliphatic hydroxyl groups excluding tert-OH is 1. The number of Topliss-reactive ketones (excluding diaryl/α,β-unsaturated/α-hetero) is 1. The molecule has 0 saturated carbocycles. The van der Waals surface area contributed by atoms with Gasteiger partial charge >= 0.3 is 0 Å². The Balaban J connectivity index is 0.000000191. The molecule has 6 aromatic rings. The minimum atomic E-state index is -0.980. The van der Waals surface area contributed by atoms with Gasteiger partial charge in [0, 0.05) is 20.9 Å². The van der Waals surface area contributed by atoms with Gasteiger partial charge in [0.05, 0.1) is 6.10 Å². The van der Waals surface area contributed by atoms with Gasteiger partial charge in [-0.05, 0) is 148 Å². The highest BCUT2D eigenvalue weighted by Gasteiger charge is 2.42. The number of aliphatic hydroxyl groups is 3. The van der Waals surface area contributed by atoms with Crippen LogP contribution in [0.3, 0.4) is 0 Å². The smallest absolute Gasteiger partial charge is 0.162 e. The number of rotatable bonds is 16. The molecule has 3 N–H and O–H groups in total. The van der Waals surface area contributed by atoms with Gasteiger partial charge in [0.2, 0.25) is 0 Å². The summed E-state index contributed by atoms with van der Waals surface area (Å²) in [4.78, 5) is 17.3. The van der Waals surface area contributed by atoms with Crippen LogP contribution < -0.4 is 0 Å². The minimum absolute atomic E-state index is 0.160. The van der Waals surface area contributed by atoms with E-state index in [1.165, 1.54) is 0 Å². The lowest BCUT2D eigenvalue weighted by atomic mass is 9.72. The number of nitrogens with zero attached hydrogens (tertiary/aromatic N) is 2. The van der Waals surface area contributed by atoms with E-state index in [0.717, 1.165) is 127 Å². The lowest BCUT2D eigenvalue weighted by Gasteiger charge is -2.42. The van der Waals surface area contributed by atoms with Crippen molar-refractivity contribution in [1.29, 1.82) is 0 Å². The zero-order valence-electron chi connectivity index (χ0n) is 36.7. The SMILES string of the molecule is O=C(CCCN1CCC(C(O)(c2ccccc2)c2ccccc2)CC1)c1ccc(Br)cc1.OC(CCCN1CCC(C(O)(c2ccccc2)c2ccccc2)CC1)c1ccc(Br)cc1. The number of benzene rings is 6. The van der Waals surface area contributed by atoms with Crippen LogP contribution in [-0.2, 0) is 11.2 Å². The van der Waals surface area contributed by atoms with Crippen LogP contribution in [0.15, 0.2) is 179 Å². The van der Waals surface area contributed by atoms with Crippen molar-refractivity contribution < 1.29 is 20.1 Å². The first kappa shape index (κ1) is 47.7. The van der Waals surface area contributed by atoms with E-state index in [1.807, 2.05) is 170 Å². The van der Waals surface area contributed by atoms with Crippen LogP contribution >= 0.6 is 31.9 Å². The summed E-state index contributed by atoms with van der Waals surface area (Å²) in [6.07, 6.45) is 6.51. The van der Waals surface area contributed by atoms with E-state index in [-0.39, 0.29) is 17.6 Å². The predicted octanol–water partition coefficient (Wildman–Crippen LogP) is 12.0. The Hall–Kier alpha value is -4.25. The normalized spacial score (nSPS) is 16.1. The molecular formula is C56H62Br2N2O4. The number of hydrogen-bond donors (Lipinski definition) is 3. The maximum Gasteiger partial charge on any atom is 0.162 e. The van der Waals surface area contributed by atoms with Gasteiger partial charge < -0.3 is 25.1 Å². The second kappa shape index (κ2) is 23.3. The van der Waals surface area contributed by atoms with E-state index in [1.54, 1.807) is 0 Å². The Morgan fingerprint density at radius 2 is 0.859 bits per heavy atom. The summed E-state index contributed by atoms with van der Waals surface area (Å²) < 4.78 is 2.02. The van der Waals surface area contributed by atoms with Crippen LogP contribution in [0.1, 0.15) is 95.6 Å². The quantitative estimate of drug-likeness (QED) is 0.0838. The van der Waals surface area contributed by atoms with Gasteiger partial charge in [0.1, 0.15) is 11.2 Å². The summed E-state index contributed by atoms with van der Waals surface area (Å²) in [5, 5.41) is 34.5. The first-order valence-electron chi connectivity index (χ1n) is 23.0. The Morgan fingerprint density at radius 3 is 1.23 bits per heavy atom. The van der Waals surface area contributed by atoms with Gasteiger partial charge in [-0.3, -0.25) is 4.79 Å². The third kappa shape index (κ3) is 12.1. The van der Waals surface area contributed by atoms with Gasteiger partial charge in [-0.15, -0.1) is 0 Å². The fourth-order valence-corrected chi connectivity index (χ4v) is 10.3. The van der Waals surface area contributed by atoms with Crippen LogP contribution in [0.5, 0.6) is 0 Å². The minimum Gasteiger partial charge on any atom is -0.388 e. The van der Waals surface area contributed by atoms with E-state index in [4.69, 9.17) is 0 Å². The van der Waals surface area contributed by atoms with Gasteiger partial charge in [0.25, 0.3) is 0 Å². The topological polar surface area (TPSA) is 84.2 Å². The van der Waals surface area contributed by atoms with Gasteiger partial charge in [0.15, 0.2) is 5.78 Å². The molecule has 6 nitrogen and oxygen atoms in total. The molecule has 2 saturated heterocycles. The number of hydrogen-bond acceptors (Lipinski definition) is 6. The summed E-state index contributed by atoms with van der Waals surface area (Å²) in [5.41, 5.74) is 3.68. The van der Waals surface area contributed by atoms with E-state index < -0.39 is 17.3 Å². The second-order valence-corrected chi connectivity index (χ2v) is 19.3. The highest BCUT2D eigenvalue weighted by molar-refractivity contribution is 9.10. The van der Waals surface area contributed by atoms with Gasteiger partial charge in [-0.2, -0.15) is 0 Å². The molecule has 334 valence electrons. The number of halogens is 2. The maximum atomic E-state index is 12.4. The summed E-state index contributed by atoms with van der Waals surface area (Å²) >= 11 is 6.85. The summed E-state index contributed by atoms with van der Waals surface area (Å²) in [7, 11) is 0. The number of piperidine rings is 2. The van der Waals surface area contributed by atoms with Crippen LogP contribution in [0, 0.1) is 11.8 Å². The third-order valence-corrected chi connectivity index (χ3v) is 14.5. The van der Waals surface area contributed by atoms with Crippen LogP contribution in [0.25, 0.3) is 0 Å². The fraction of sp³-hybridized carbons (Fsp3) is 0.339. The lowest BCUT2D eigenvalue weighted by Crippen LogP contribution is -2.44. The van der Waals surface area contributed by atoms with Crippen molar-refractivity contribution in [2.24, 2.45) is 11.8 Å². The zero-order chi connectivity index (χ0) is 44.8. The molecule has 0 amide bonds. The van der Waals surface area contributed by atoms with Crippen LogP contribution in [0.4, 0.5) is 0 Å². The summed E-state index contributed by atoms with van der Waals surface area (Å²) in [6.45, 7) is 5.74. The highest BCUT2D eigenvalue weighted by Crippen LogP contribution is 2.43. The van der Waals surface area contributed by atoms with E-state index >= 15 is 0 Å². The zero-order valence-corrected chi connectivity index (χ0v) is 39.9. The first-order chi connectivity index (χ1) is 31.1. The standard InChI is InChI=1S/C28H32BrNO2.C28H30BrNO2/c2*29-26-15-13-22(14-16-26)27(31)12-7-19-30-20-17-25(18-21-30)28(32,23-8-3-1-4-9-23)24-10-5-2-6-11-24/h1-6,8-11,13-16,25,27,31-32H,7,12,17-21H2;1-6,8-11,13-16,25,32H,7,12,17-21H2. The molecule has 2 aliphatic rings. The van der Waals surface area contributed by atoms with Gasteiger partial charge in [-0.25, -0.2) is 0 Å². The molecule has 0 aliphatic carbocycles. The Kier molecular flexibility index (Phi) is 17.3. The molecule has 0 radical (unpaired) electrons. The molecular weight excluding hydrogens is 924 g/mol. The molecule has 0 aromatic heterocycles. The number of ketones is 1. The maximum absolute atomic E-state index is 12.4.